The molecule has 0 heterocycles. The van der Waals surface area contributed by atoms with Crippen LogP contribution in [0.1, 0.15) is 18.9 Å². The molecule has 0 fully saturated rings. The molecule has 1 aromatic rings. The molecule has 0 saturated heterocycles. The Labute approximate surface area is 114 Å². The van der Waals surface area contributed by atoms with E-state index in [1.54, 1.807) is 0 Å². The Morgan fingerprint density at radius 2 is 2.05 bits per heavy atom. The molecule has 7 heteroatoms. The van der Waals surface area contributed by atoms with Crippen LogP contribution < -0.4 is 10.6 Å². The number of carbonyl (C=O) groups is 1. The number of nitrogens with one attached hydrogen (secondary N) is 2. The van der Waals surface area contributed by atoms with Crippen LogP contribution in [-0.2, 0) is 11.0 Å². The van der Waals surface area contributed by atoms with E-state index >= 15 is 0 Å². The van der Waals surface area contributed by atoms with E-state index in [1.165, 1.54) is 6.07 Å². The molecule has 0 aliphatic rings. The average molecular weight is 295 g/mol. The van der Waals surface area contributed by atoms with Crippen LogP contribution in [0.2, 0.25) is 5.02 Å². The van der Waals surface area contributed by atoms with Crippen molar-refractivity contribution in [3.8, 4) is 0 Å². The van der Waals surface area contributed by atoms with Crippen LogP contribution in [0.3, 0.4) is 0 Å². The highest BCUT2D eigenvalue weighted by atomic mass is 35.5. The van der Waals surface area contributed by atoms with E-state index in [4.69, 9.17) is 11.6 Å². The highest BCUT2D eigenvalue weighted by Gasteiger charge is 2.33. The molecule has 0 aromatic heterocycles. The van der Waals surface area contributed by atoms with Crippen molar-refractivity contribution >= 4 is 23.2 Å². The summed E-state index contributed by atoms with van der Waals surface area (Å²) in [5.41, 5.74) is -0.878. The number of amides is 1. The molecule has 2 N–H and O–H groups in total. The molecule has 0 bridgehead atoms. The second kappa shape index (κ2) is 6.77. The first kappa shape index (κ1) is 15.8. The highest BCUT2D eigenvalue weighted by molar-refractivity contribution is 6.31. The van der Waals surface area contributed by atoms with Gasteiger partial charge in [0.2, 0.25) is 5.91 Å². The molecule has 1 aromatic carbocycles. The van der Waals surface area contributed by atoms with Gasteiger partial charge in [0, 0.05) is 18.7 Å². The summed E-state index contributed by atoms with van der Waals surface area (Å²) in [7, 11) is 0. The van der Waals surface area contributed by atoms with Gasteiger partial charge in [0.15, 0.2) is 0 Å². The van der Waals surface area contributed by atoms with E-state index in [1.807, 2.05) is 6.92 Å². The summed E-state index contributed by atoms with van der Waals surface area (Å²) in [4.78, 5) is 11.5. The van der Waals surface area contributed by atoms with Crippen molar-refractivity contribution in [1.29, 1.82) is 0 Å². The van der Waals surface area contributed by atoms with Crippen molar-refractivity contribution in [1.82, 2.24) is 5.32 Å². The standard InChI is InChI=1S/C12H14ClF3N2O/c1-2-17-6-5-11(19)18-8-3-4-10(13)9(7-8)12(14,15)16/h3-4,7,17H,2,5-6H2,1H3,(H,18,19). The molecule has 106 valence electrons. The number of anilines is 1. The molecule has 0 spiro atoms. The van der Waals surface area contributed by atoms with E-state index in [0.717, 1.165) is 18.7 Å². The summed E-state index contributed by atoms with van der Waals surface area (Å²) >= 11 is 5.48. The Bertz CT molecular complexity index is 449. The smallest absolute Gasteiger partial charge is 0.326 e. The van der Waals surface area contributed by atoms with Crippen LogP contribution in [0.25, 0.3) is 0 Å². The number of benzene rings is 1. The zero-order valence-electron chi connectivity index (χ0n) is 10.3. The molecule has 19 heavy (non-hydrogen) atoms. The number of alkyl halides is 3. The van der Waals surface area contributed by atoms with Gasteiger partial charge in [-0.3, -0.25) is 4.79 Å². The molecule has 0 aliphatic heterocycles. The zero-order chi connectivity index (χ0) is 14.5. The second-order valence-corrected chi connectivity index (χ2v) is 4.25. The van der Waals surface area contributed by atoms with Crippen molar-refractivity contribution in [3.63, 3.8) is 0 Å². The fourth-order valence-electron chi connectivity index (χ4n) is 1.42. The van der Waals surface area contributed by atoms with Gasteiger partial charge in [-0.2, -0.15) is 13.2 Å². The Balaban J connectivity index is 2.72. The first-order chi connectivity index (χ1) is 8.84. The third-order valence-corrected chi connectivity index (χ3v) is 2.66. The first-order valence-corrected chi connectivity index (χ1v) is 6.09. The van der Waals surface area contributed by atoms with E-state index < -0.39 is 16.8 Å². The van der Waals surface area contributed by atoms with Crippen LogP contribution in [-0.4, -0.2) is 19.0 Å². The van der Waals surface area contributed by atoms with Gasteiger partial charge in [0.1, 0.15) is 0 Å². The number of halogens is 4. The Kier molecular flexibility index (Phi) is 5.62. The van der Waals surface area contributed by atoms with E-state index in [2.05, 4.69) is 10.6 Å². The normalized spacial score (nSPS) is 11.4. The Hall–Kier alpha value is -1.27. The number of carbonyl (C=O) groups excluding carboxylic acids is 1. The molecular weight excluding hydrogens is 281 g/mol. The van der Waals surface area contributed by atoms with E-state index in [9.17, 15) is 18.0 Å². The van der Waals surface area contributed by atoms with Crippen LogP contribution in [0.4, 0.5) is 18.9 Å². The van der Waals surface area contributed by atoms with Crippen LogP contribution in [0.15, 0.2) is 18.2 Å². The molecule has 1 amide bonds. The summed E-state index contributed by atoms with van der Waals surface area (Å²) in [6, 6.07) is 3.28. The third kappa shape index (κ3) is 5.08. The monoisotopic (exact) mass is 294 g/mol. The van der Waals surface area contributed by atoms with Crippen LogP contribution in [0.5, 0.6) is 0 Å². The molecule has 0 aliphatic carbocycles. The first-order valence-electron chi connectivity index (χ1n) is 5.72. The maximum atomic E-state index is 12.6. The lowest BCUT2D eigenvalue weighted by Crippen LogP contribution is -2.21. The third-order valence-electron chi connectivity index (χ3n) is 2.33. The summed E-state index contributed by atoms with van der Waals surface area (Å²) in [6.07, 6.45) is -4.35. The van der Waals surface area contributed by atoms with Gasteiger partial charge in [-0.1, -0.05) is 18.5 Å². The van der Waals surface area contributed by atoms with Crippen LogP contribution >= 0.6 is 11.6 Å². The van der Waals surface area contributed by atoms with E-state index in [-0.39, 0.29) is 18.0 Å². The van der Waals surface area contributed by atoms with Crippen molar-refractivity contribution in [2.24, 2.45) is 0 Å². The summed E-state index contributed by atoms with van der Waals surface area (Å²) < 4.78 is 37.8. The van der Waals surface area contributed by atoms with Gasteiger partial charge < -0.3 is 10.6 Å². The van der Waals surface area contributed by atoms with Crippen LogP contribution in [0, 0.1) is 0 Å². The molecule has 1 rings (SSSR count). The minimum Gasteiger partial charge on any atom is -0.326 e. The fraction of sp³-hybridized carbons (Fsp3) is 0.417. The lowest BCUT2D eigenvalue weighted by molar-refractivity contribution is -0.137. The lowest BCUT2D eigenvalue weighted by Gasteiger charge is -2.11. The largest absolute Gasteiger partial charge is 0.417 e. The number of rotatable bonds is 5. The lowest BCUT2D eigenvalue weighted by atomic mass is 10.2. The molecule has 0 atom stereocenters. The van der Waals surface area contributed by atoms with Crippen molar-refractivity contribution < 1.29 is 18.0 Å². The van der Waals surface area contributed by atoms with E-state index in [0.29, 0.717) is 6.54 Å². The summed E-state index contributed by atoms with van der Waals surface area (Å²) in [5.74, 6) is -0.351. The molecule has 0 radical (unpaired) electrons. The predicted octanol–water partition coefficient (Wildman–Crippen LogP) is 3.30. The summed E-state index contributed by atoms with van der Waals surface area (Å²) in [5, 5.41) is 4.96. The maximum absolute atomic E-state index is 12.6. The minimum atomic E-state index is -4.54. The van der Waals surface area contributed by atoms with Crippen molar-refractivity contribution in [3.05, 3.63) is 28.8 Å². The number of hydrogen-bond acceptors (Lipinski definition) is 2. The summed E-state index contributed by atoms with van der Waals surface area (Å²) in [6.45, 7) is 3.10. The molecule has 0 saturated carbocycles. The van der Waals surface area contributed by atoms with Gasteiger partial charge in [-0.25, -0.2) is 0 Å². The number of hydrogen-bond donors (Lipinski definition) is 2. The highest BCUT2D eigenvalue weighted by Crippen LogP contribution is 2.36. The maximum Gasteiger partial charge on any atom is 0.417 e. The zero-order valence-corrected chi connectivity index (χ0v) is 11.0. The molecule has 3 nitrogen and oxygen atoms in total. The van der Waals surface area contributed by atoms with Gasteiger partial charge in [-0.05, 0) is 24.7 Å². The fourth-order valence-corrected chi connectivity index (χ4v) is 1.65. The van der Waals surface area contributed by atoms with Gasteiger partial charge >= 0.3 is 6.18 Å². The molecular formula is C12H14ClF3N2O. The second-order valence-electron chi connectivity index (χ2n) is 3.84. The quantitative estimate of drug-likeness (QED) is 0.818. The van der Waals surface area contributed by atoms with Gasteiger partial charge in [0.05, 0.1) is 10.6 Å². The predicted molar refractivity (Wildman–Crippen MR) is 68.2 cm³/mol. The minimum absolute atomic E-state index is 0.0817. The SMILES string of the molecule is CCNCCC(=O)Nc1ccc(Cl)c(C(F)(F)F)c1. The van der Waals surface area contributed by atoms with Gasteiger partial charge in [-0.15, -0.1) is 0 Å². The van der Waals surface area contributed by atoms with Gasteiger partial charge in [0.25, 0.3) is 0 Å². The van der Waals surface area contributed by atoms with Crippen molar-refractivity contribution in [2.75, 3.05) is 18.4 Å². The Morgan fingerprint density at radius 1 is 1.37 bits per heavy atom. The molecule has 0 unspecified atom stereocenters. The Morgan fingerprint density at radius 3 is 2.63 bits per heavy atom. The topological polar surface area (TPSA) is 41.1 Å². The van der Waals surface area contributed by atoms with Crippen molar-refractivity contribution in [2.45, 2.75) is 19.5 Å². The average Bonchev–Trinajstić information content (AvgIpc) is 2.30.